The summed E-state index contributed by atoms with van der Waals surface area (Å²) in [6, 6.07) is 23.4. The number of hydrogen-bond acceptors (Lipinski definition) is 3. The maximum Gasteiger partial charge on any atom is 0.227 e. The molecule has 5 aromatic rings. The second kappa shape index (κ2) is 12.4. The van der Waals surface area contributed by atoms with Gasteiger partial charge in [0, 0.05) is 33.8 Å². The van der Waals surface area contributed by atoms with Crippen LogP contribution >= 0.6 is 0 Å². The number of nitrogens with zero attached hydrogens (tertiary/aromatic N) is 4. The lowest BCUT2D eigenvalue weighted by Gasteiger charge is -2.32. The fourth-order valence-corrected chi connectivity index (χ4v) is 10.3. The summed E-state index contributed by atoms with van der Waals surface area (Å²) in [4.78, 5) is 13.5. The van der Waals surface area contributed by atoms with Gasteiger partial charge < -0.3 is 9.47 Å². The van der Waals surface area contributed by atoms with Gasteiger partial charge in [0.1, 0.15) is 0 Å². The van der Waals surface area contributed by atoms with E-state index in [4.69, 9.17) is 9.97 Å². The number of rotatable bonds is 4. The van der Waals surface area contributed by atoms with Crippen LogP contribution < -0.4 is 15.3 Å². The molecule has 11 rings (SSSR count). The predicted octanol–water partition coefficient (Wildman–Crippen LogP) is 9.69. The maximum atomic E-state index is 5.52. The minimum Gasteiger partial charge on any atom is -0.326 e. The lowest BCUT2D eigenvalue weighted by molar-refractivity contribution is 0.657. The van der Waals surface area contributed by atoms with Crippen LogP contribution in [0.5, 0.6) is 0 Å². The van der Waals surface area contributed by atoms with E-state index < -0.39 is 0 Å². The molecule has 0 spiro atoms. The van der Waals surface area contributed by atoms with Gasteiger partial charge in [-0.1, -0.05) is 102 Å². The molecule has 0 bridgehead atoms. The number of benzene rings is 3. The van der Waals surface area contributed by atoms with Crippen LogP contribution in [0, 0.1) is 19.8 Å². The molecule has 3 atom stereocenters. The van der Waals surface area contributed by atoms with E-state index in [1.54, 1.807) is 0 Å². The van der Waals surface area contributed by atoms with E-state index in [9.17, 15) is 0 Å². The highest BCUT2D eigenvalue weighted by molar-refractivity contribution is 5.95. The molecule has 5 aliphatic carbocycles. The van der Waals surface area contributed by atoms with E-state index in [-0.39, 0.29) is 18.0 Å². The normalized spacial score (nSPS) is 21.9. The molecule has 1 fully saturated rings. The summed E-state index contributed by atoms with van der Waals surface area (Å²) in [6.45, 7) is 4.37. The molecule has 2 aromatic heterocycles. The second-order valence-corrected chi connectivity index (χ2v) is 16.0. The van der Waals surface area contributed by atoms with Gasteiger partial charge in [-0.2, -0.15) is 0 Å². The minimum absolute atomic E-state index is 0.131. The zero-order valence-corrected chi connectivity index (χ0v) is 31.1. The maximum absolute atomic E-state index is 5.52. The van der Waals surface area contributed by atoms with E-state index in [1.807, 2.05) is 0 Å². The third kappa shape index (κ3) is 4.96. The quantitative estimate of drug-likeness (QED) is 0.187. The predicted molar refractivity (Wildman–Crippen MR) is 225 cm³/mol. The van der Waals surface area contributed by atoms with Crippen LogP contribution in [0.1, 0.15) is 71.3 Å². The fraction of sp³-hybridized carbons (Fsp3) is 0.240. The molecule has 4 heteroatoms. The Kier molecular flexibility index (Phi) is 7.30. The molecule has 6 aliphatic rings. The lowest BCUT2D eigenvalue weighted by atomic mass is 9.82. The molecule has 4 nitrogen and oxygen atoms in total. The van der Waals surface area contributed by atoms with Crippen molar-refractivity contribution in [2.45, 2.75) is 70.9 Å². The molecule has 264 valence electrons. The summed E-state index contributed by atoms with van der Waals surface area (Å²) in [7, 11) is 0. The topological polar surface area (TPSA) is 34.0 Å². The van der Waals surface area contributed by atoms with Gasteiger partial charge >= 0.3 is 0 Å². The molecule has 1 aliphatic heterocycles. The van der Waals surface area contributed by atoms with E-state index in [0.29, 0.717) is 0 Å². The van der Waals surface area contributed by atoms with Crippen molar-refractivity contribution < 1.29 is 0 Å². The van der Waals surface area contributed by atoms with Crippen molar-refractivity contribution in [3.05, 3.63) is 159 Å². The first-order chi connectivity index (χ1) is 26.6. The Bertz CT molecular complexity index is 2720. The van der Waals surface area contributed by atoms with Crippen LogP contribution in [0.4, 0.5) is 5.95 Å². The summed E-state index contributed by atoms with van der Waals surface area (Å²) >= 11 is 0. The van der Waals surface area contributed by atoms with Crippen LogP contribution in [0.2, 0.25) is 0 Å². The zero-order chi connectivity index (χ0) is 35.9. The number of allylic oxidation sites excluding steroid dienone is 8. The standard InChI is InChI=1S/C50H44N4/c1-31-26-32(2)28-36(27-31)49-40-17-8-10-18-43(40)51-50(52-49)54-46-24-22-35(30-42(46)48-38-15-7-6-12-33(38)20-25-47(48)54)34-21-23-45-41(29-34)39-16-9-11-19-44(39)53(45)37-13-4-3-5-14-37/h3-4,6-8,11-13,15,17,19-24,26-30,42,46-47H,5,9-10,14,16,18,25H2,1-2H3. The molecule has 0 saturated carbocycles. The Morgan fingerprint density at radius 3 is 2.52 bits per heavy atom. The third-order valence-electron chi connectivity index (χ3n) is 12.5. The number of fused-ring (bicyclic) bond motifs is 8. The Morgan fingerprint density at radius 1 is 0.778 bits per heavy atom. The van der Waals surface area contributed by atoms with Gasteiger partial charge in [0.2, 0.25) is 5.95 Å². The number of aryl methyl sites for hydroxylation is 4. The van der Waals surface area contributed by atoms with Gasteiger partial charge in [0.05, 0.1) is 29.0 Å². The molecular formula is C50H44N4. The summed E-state index contributed by atoms with van der Waals surface area (Å²) in [5, 5.41) is 4.11. The first kappa shape index (κ1) is 31.8. The van der Waals surface area contributed by atoms with Gasteiger partial charge in [-0.15, -0.1) is 0 Å². The number of anilines is 1. The molecule has 3 aromatic carbocycles. The first-order valence-electron chi connectivity index (χ1n) is 19.9. The van der Waals surface area contributed by atoms with Gasteiger partial charge in [-0.25, -0.2) is 9.97 Å². The van der Waals surface area contributed by atoms with Crippen LogP contribution in [0.25, 0.3) is 57.2 Å². The van der Waals surface area contributed by atoms with Gasteiger partial charge in [-0.05, 0) is 128 Å². The van der Waals surface area contributed by atoms with Crippen molar-refractivity contribution in [3.8, 4) is 11.3 Å². The Hall–Kier alpha value is -5.74. The second-order valence-electron chi connectivity index (χ2n) is 16.0. The molecule has 0 radical (unpaired) electrons. The highest BCUT2D eigenvalue weighted by atomic mass is 15.3. The Morgan fingerprint density at radius 2 is 1.63 bits per heavy atom. The summed E-state index contributed by atoms with van der Waals surface area (Å²) in [6.07, 6.45) is 33.1. The van der Waals surface area contributed by atoms with Crippen molar-refractivity contribution in [3.63, 3.8) is 0 Å². The third-order valence-corrected chi connectivity index (χ3v) is 12.5. The monoisotopic (exact) mass is 700 g/mol. The van der Waals surface area contributed by atoms with Crippen molar-refractivity contribution in [1.82, 2.24) is 14.5 Å². The number of hydrogen-bond donors (Lipinski definition) is 0. The van der Waals surface area contributed by atoms with Crippen LogP contribution in [0.15, 0.2) is 109 Å². The molecule has 3 unspecified atom stereocenters. The summed E-state index contributed by atoms with van der Waals surface area (Å²) < 4.78 is 2.53. The van der Waals surface area contributed by atoms with E-state index in [1.165, 1.54) is 77.3 Å². The van der Waals surface area contributed by atoms with Crippen molar-refractivity contribution >= 4 is 51.9 Å². The van der Waals surface area contributed by atoms with Gasteiger partial charge in [0.25, 0.3) is 0 Å². The Labute approximate surface area is 317 Å². The van der Waals surface area contributed by atoms with Crippen molar-refractivity contribution in [2.75, 3.05) is 4.90 Å². The molecule has 0 N–H and O–H groups in total. The minimum atomic E-state index is 0.131. The van der Waals surface area contributed by atoms with Gasteiger partial charge in [0.15, 0.2) is 0 Å². The van der Waals surface area contributed by atoms with E-state index in [2.05, 4.69) is 151 Å². The van der Waals surface area contributed by atoms with Crippen molar-refractivity contribution in [2.24, 2.45) is 5.92 Å². The molecule has 1 saturated heterocycles. The average molecular weight is 701 g/mol. The van der Waals surface area contributed by atoms with Crippen LogP contribution in [-0.2, 0) is 12.8 Å². The summed E-state index contributed by atoms with van der Waals surface area (Å²) in [5.74, 6) is 1.07. The van der Waals surface area contributed by atoms with Crippen LogP contribution in [0.3, 0.4) is 0 Å². The smallest absolute Gasteiger partial charge is 0.227 e. The Balaban J connectivity index is 1.06. The summed E-state index contributed by atoms with van der Waals surface area (Å²) in [5.41, 5.74) is 16.8. The SMILES string of the molecule is Cc1cc(C)cc(-c2nc(N3C4CC=c5ccccc5=C4C4C=C(c5ccc6c(c5)c5c(n6C6=CC=CCC6)C=CCC5)C=CC43)nc3c2C=CCC3)c1. The molecular weight excluding hydrogens is 657 g/mol. The lowest BCUT2D eigenvalue weighted by Crippen LogP contribution is -2.41. The van der Waals surface area contributed by atoms with Crippen molar-refractivity contribution in [1.29, 1.82) is 0 Å². The molecule has 54 heavy (non-hydrogen) atoms. The largest absolute Gasteiger partial charge is 0.326 e. The van der Waals surface area contributed by atoms with Gasteiger partial charge in [-0.3, -0.25) is 0 Å². The zero-order valence-electron chi connectivity index (χ0n) is 31.1. The van der Waals surface area contributed by atoms with Crippen LogP contribution in [-0.4, -0.2) is 26.6 Å². The van der Waals surface area contributed by atoms with E-state index in [0.717, 1.165) is 62.3 Å². The van der Waals surface area contributed by atoms with E-state index >= 15 is 0 Å². The highest BCUT2D eigenvalue weighted by Crippen LogP contribution is 2.46. The first-order valence-corrected chi connectivity index (χ1v) is 19.9. The molecule has 0 amide bonds. The number of aromatic nitrogens is 3. The average Bonchev–Trinajstić information content (AvgIpc) is 3.73. The highest BCUT2D eigenvalue weighted by Gasteiger charge is 2.46. The molecule has 3 heterocycles. The fourth-order valence-electron chi connectivity index (χ4n) is 10.3.